The summed E-state index contributed by atoms with van der Waals surface area (Å²) in [6.07, 6.45) is 0. The molecule has 2 aliphatic rings. The van der Waals surface area contributed by atoms with Gasteiger partial charge in [-0.25, -0.2) is 14.4 Å². The minimum Gasteiger partial charge on any atom is -0.466 e. The summed E-state index contributed by atoms with van der Waals surface area (Å²) < 4.78 is 20.3. The smallest absolute Gasteiger partial charge is 0.339 e. The number of anilines is 1. The molecule has 9 heteroatoms. The quantitative estimate of drug-likeness (QED) is 0.426. The maximum absolute atomic E-state index is 13.1. The molecule has 3 rings (SSSR count). The average Bonchev–Trinajstić information content (AvgIpc) is 2.92. The van der Waals surface area contributed by atoms with E-state index in [0.717, 1.165) is 7.11 Å². The van der Waals surface area contributed by atoms with Gasteiger partial charge < -0.3 is 30.0 Å². The molecule has 1 spiro atoms. The second-order valence-corrected chi connectivity index (χ2v) is 6.15. The number of carbonyl (C=O) groups is 3. The Morgan fingerprint density at radius 2 is 1.86 bits per heavy atom. The topological polar surface area (TPSA) is 126 Å². The molecule has 0 aliphatic carbocycles. The van der Waals surface area contributed by atoms with Gasteiger partial charge in [0.1, 0.15) is 29.3 Å². The van der Waals surface area contributed by atoms with Crippen LogP contribution in [0.15, 0.2) is 47.0 Å². The number of para-hydroxylation sites is 1. The summed E-state index contributed by atoms with van der Waals surface area (Å²) in [5.41, 5.74) is 4.64. The number of esters is 3. The van der Waals surface area contributed by atoms with Crippen molar-refractivity contribution in [2.45, 2.75) is 12.3 Å². The summed E-state index contributed by atoms with van der Waals surface area (Å²) >= 11 is 0. The number of cyclic esters (lactones) is 1. The second kappa shape index (κ2) is 7.35. The van der Waals surface area contributed by atoms with Crippen molar-refractivity contribution < 1.29 is 33.3 Å². The van der Waals surface area contributed by atoms with E-state index in [9.17, 15) is 14.4 Å². The number of rotatable bonds is 5. The molecule has 148 valence electrons. The van der Waals surface area contributed by atoms with Crippen molar-refractivity contribution in [3.8, 4) is 0 Å². The highest BCUT2D eigenvalue weighted by Crippen LogP contribution is 2.52. The summed E-state index contributed by atoms with van der Waals surface area (Å²) in [6, 6.07) is 6.68. The Hall–Kier alpha value is -3.33. The van der Waals surface area contributed by atoms with Gasteiger partial charge in [0.25, 0.3) is 0 Å². The predicted molar refractivity (Wildman–Crippen MR) is 96.6 cm³/mol. The third-order valence-corrected chi connectivity index (χ3v) is 4.64. The van der Waals surface area contributed by atoms with Crippen LogP contribution < -0.4 is 11.1 Å². The molecule has 3 N–H and O–H groups in total. The van der Waals surface area contributed by atoms with Crippen molar-refractivity contribution in [2.75, 3.05) is 32.8 Å². The molecule has 2 heterocycles. The van der Waals surface area contributed by atoms with Gasteiger partial charge in [0.2, 0.25) is 0 Å². The van der Waals surface area contributed by atoms with Gasteiger partial charge in [-0.15, -0.1) is 0 Å². The lowest BCUT2D eigenvalue weighted by Gasteiger charge is -2.35. The van der Waals surface area contributed by atoms with Crippen LogP contribution in [0.1, 0.15) is 12.5 Å². The molecule has 0 saturated carbocycles. The van der Waals surface area contributed by atoms with Crippen LogP contribution in [-0.4, -0.2) is 45.3 Å². The molecule has 0 fully saturated rings. The van der Waals surface area contributed by atoms with E-state index >= 15 is 0 Å². The van der Waals surface area contributed by atoms with Crippen molar-refractivity contribution in [3.63, 3.8) is 0 Å². The molecule has 0 aromatic heterocycles. The molecule has 1 atom stereocenters. The van der Waals surface area contributed by atoms with Crippen LogP contribution in [0.2, 0.25) is 0 Å². The Balaban J connectivity index is 2.27. The van der Waals surface area contributed by atoms with Crippen LogP contribution in [0.5, 0.6) is 0 Å². The minimum atomic E-state index is -1.90. The zero-order valence-electron chi connectivity index (χ0n) is 15.7. The van der Waals surface area contributed by atoms with E-state index < -0.39 is 23.3 Å². The molecule has 1 aromatic rings. The lowest BCUT2D eigenvalue weighted by atomic mass is 9.67. The summed E-state index contributed by atoms with van der Waals surface area (Å²) in [7, 11) is 2.62. The lowest BCUT2D eigenvalue weighted by molar-refractivity contribution is -0.146. The number of carbonyl (C=O) groups excluding carboxylic acids is 3. The number of methoxy groups -OCH3 is 2. The second-order valence-electron chi connectivity index (χ2n) is 6.15. The highest BCUT2D eigenvalue weighted by Gasteiger charge is 2.62. The fraction of sp³-hybridized carbons (Fsp3) is 0.316. The zero-order valence-corrected chi connectivity index (χ0v) is 15.7. The van der Waals surface area contributed by atoms with Crippen molar-refractivity contribution in [2.24, 2.45) is 5.73 Å². The molecule has 1 aromatic carbocycles. The highest BCUT2D eigenvalue weighted by atomic mass is 16.6. The molecule has 0 amide bonds. The number of nitrogens with two attached hydrogens (primary N) is 1. The Morgan fingerprint density at radius 1 is 1.14 bits per heavy atom. The van der Waals surface area contributed by atoms with Crippen LogP contribution >= 0.6 is 0 Å². The first-order chi connectivity index (χ1) is 13.4. The van der Waals surface area contributed by atoms with Gasteiger partial charge in [0.05, 0.1) is 13.7 Å². The third kappa shape index (κ3) is 2.71. The first-order valence-electron chi connectivity index (χ1n) is 8.44. The molecule has 2 aliphatic heterocycles. The zero-order chi connectivity index (χ0) is 20.5. The first kappa shape index (κ1) is 19.4. The molecule has 0 radical (unpaired) electrons. The number of ether oxygens (including phenoxy) is 4. The van der Waals surface area contributed by atoms with E-state index in [2.05, 4.69) is 5.32 Å². The van der Waals surface area contributed by atoms with Crippen LogP contribution in [-0.2, 0) is 38.7 Å². The first-order valence-corrected chi connectivity index (χ1v) is 8.44. The number of allylic oxidation sites excluding steroid dienone is 1. The Bertz CT molecular complexity index is 919. The molecule has 28 heavy (non-hydrogen) atoms. The molecule has 9 nitrogen and oxygen atoms in total. The lowest BCUT2D eigenvalue weighted by Crippen LogP contribution is -2.47. The normalized spacial score (nSPS) is 20.6. The Kier molecular flexibility index (Phi) is 5.10. The number of hydrogen-bond acceptors (Lipinski definition) is 9. The maximum Gasteiger partial charge on any atom is 0.339 e. The van der Waals surface area contributed by atoms with Crippen molar-refractivity contribution in [1.82, 2.24) is 0 Å². The van der Waals surface area contributed by atoms with Gasteiger partial charge in [-0.3, -0.25) is 0 Å². The summed E-state index contributed by atoms with van der Waals surface area (Å²) in [5.74, 6) is -2.60. The standard InChI is InChI=1S/C19H20N2O7/c1-10-13(17(23)27-9-8-25-2)19(18(24)28-10)11-6-4-5-7-12(11)21-15(20)14(19)16(22)26-3/h4-7,21H,8-9,20H2,1-3H3/t19-/m1/s1. The SMILES string of the molecule is COCCOC(=O)C1=C(C)OC(=O)[C@@]12C(C(=O)OC)=C(N)Nc1ccccc12. The minimum absolute atomic E-state index is 0.0262. The summed E-state index contributed by atoms with van der Waals surface area (Å²) in [6.45, 7) is 1.58. The number of benzene rings is 1. The average molecular weight is 388 g/mol. The number of nitrogens with one attached hydrogen (secondary N) is 1. The largest absolute Gasteiger partial charge is 0.466 e. The van der Waals surface area contributed by atoms with Crippen molar-refractivity contribution >= 4 is 23.6 Å². The summed E-state index contributed by atoms with van der Waals surface area (Å²) in [4.78, 5) is 38.7. The van der Waals surface area contributed by atoms with Crippen LogP contribution in [0.3, 0.4) is 0 Å². The van der Waals surface area contributed by atoms with Gasteiger partial charge in [0.15, 0.2) is 5.41 Å². The maximum atomic E-state index is 13.1. The van der Waals surface area contributed by atoms with Crippen LogP contribution in [0.4, 0.5) is 5.69 Å². The highest BCUT2D eigenvalue weighted by molar-refractivity contribution is 6.15. The van der Waals surface area contributed by atoms with E-state index in [1.165, 1.54) is 14.0 Å². The molecular weight excluding hydrogens is 368 g/mol. The molecule has 0 unspecified atom stereocenters. The van der Waals surface area contributed by atoms with E-state index in [0.29, 0.717) is 11.3 Å². The molecular formula is C19H20N2O7. The van der Waals surface area contributed by atoms with Gasteiger partial charge in [0, 0.05) is 18.4 Å². The monoisotopic (exact) mass is 388 g/mol. The predicted octanol–water partition coefficient (Wildman–Crippen LogP) is 0.714. The Morgan fingerprint density at radius 3 is 2.54 bits per heavy atom. The van der Waals surface area contributed by atoms with Crippen LogP contribution in [0.25, 0.3) is 0 Å². The van der Waals surface area contributed by atoms with E-state index in [4.69, 9.17) is 24.7 Å². The molecule has 0 saturated heterocycles. The number of fused-ring (bicyclic) bond motifs is 2. The van der Waals surface area contributed by atoms with E-state index in [1.54, 1.807) is 24.3 Å². The summed E-state index contributed by atoms with van der Waals surface area (Å²) in [5, 5.41) is 2.88. The third-order valence-electron chi connectivity index (χ3n) is 4.64. The number of hydrogen-bond donors (Lipinski definition) is 2. The van der Waals surface area contributed by atoms with Gasteiger partial charge in [-0.1, -0.05) is 18.2 Å². The fourth-order valence-electron chi connectivity index (χ4n) is 3.52. The van der Waals surface area contributed by atoms with E-state index in [1.807, 2.05) is 0 Å². The van der Waals surface area contributed by atoms with Gasteiger partial charge >= 0.3 is 17.9 Å². The molecule has 0 bridgehead atoms. The van der Waals surface area contributed by atoms with E-state index in [-0.39, 0.29) is 35.9 Å². The van der Waals surface area contributed by atoms with Crippen LogP contribution in [0, 0.1) is 0 Å². The Labute approximate surface area is 161 Å². The fourth-order valence-corrected chi connectivity index (χ4v) is 3.52. The van der Waals surface area contributed by atoms with Crippen molar-refractivity contribution in [1.29, 1.82) is 0 Å². The van der Waals surface area contributed by atoms with Crippen molar-refractivity contribution in [3.05, 3.63) is 52.6 Å². The van der Waals surface area contributed by atoms with Gasteiger partial charge in [-0.05, 0) is 13.0 Å². The van der Waals surface area contributed by atoms with Gasteiger partial charge in [-0.2, -0.15) is 0 Å².